The van der Waals surface area contributed by atoms with Gasteiger partial charge >= 0.3 is 6.09 Å². The lowest BCUT2D eigenvalue weighted by Crippen LogP contribution is -2.42. The van der Waals surface area contributed by atoms with E-state index in [1.165, 1.54) is 13.3 Å². The predicted molar refractivity (Wildman–Crippen MR) is 70.5 cm³/mol. The average molecular weight is 286 g/mol. The predicted octanol–water partition coefficient (Wildman–Crippen LogP) is 2.13. The van der Waals surface area contributed by atoms with Crippen LogP contribution in [-0.4, -0.2) is 36.9 Å². The third-order valence-corrected chi connectivity index (χ3v) is 2.00. The van der Waals surface area contributed by atoms with E-state index in [0.29, 0.717) is 6.61 Å². The minimum Gasteiger partial charge on any atom is -0.473 e. The molecule has 0 aromatic carbocycles. The molecular weight excluding hydrogens is 267 g/mol. The van der Waals surface area contributed by atoms with Crippen LogP contribution >= 0.6 is 0 Å². The highest BCUT2D eigenvalue weighted by Gasteiger charge is 2.16. The highest BCUT2D eigenvalue weighted by Crippen LogP contribution is 2.19. The van der Waals surface area contributed by atoms with Gasteiger partial charge in [-0.25, -0.2) is 14.2 Å². The van der Waals surface area contributed by atoms with Crippen LogP contribution in [0.1, 0.15) is 20.8 Å². The topological polar surface area (TPSA) is 69.7 Å². The number of hydrogen-bond acceptors (Lipinski definition) is 5. The number of methoxy groups -OCH3 is 1. The molecule has 0 saturated carbocycles. The van der Waals surface area contributed by atoms with Crippen LogP contribution in [0, 0.1) is 5.82 Å². The van der Waals surface area contributed by atoms with E-state index >= 15 is 0 Å². The van der Waals surface area contributed by atoms with Gasteiger partial charge in [0.2, 0.25) is 0 Å². The Morgan fingerprint density at radius 2 is 2.10 bits per heavy atom. The Hall–Kier alpha value is -1.89. The number of carbonyl (C=O) groups is 1. The van der Waals surface area contributed by atoms with Gasteiger partial charge in [0.05, 0.1) is 12.8 Å². The number of rotatable bonds is 5. The molecule has 1 amide bonds. The molecule has 1 aromatic heterocycles. The first-order valence-corrected chi connectivity index (χ1v) is 6.09. The highest BCUT2D eigenvalue weighted by molar-refractivity contribution is 5.71. The molecule has 0 radical (unpaired) electrons. The number of nitrogens with zero attached hydrogens (tertiary/aromatic N) is 1. The molecule has 0 saturated heterocycles. The maximum atomic E-state index is 13.6. The Balaban J connectivity index is 2.61. The van der Waals surface area contributed by atoms with Crippen LogP contribution in [-0.2, 0) is 4.74 Å². The summed E-state index contributed by atoms with van der Waals surface area (Å²) in [4.78, 5) is 15.2. The van der Waals surface area contributed by atoms with Crippen molar-refractivity contribution in [2.75, 3.05) is 20.3 Å². The second kappa shape index (κ2) is 7.04. The summed E-state index contributed by atoms with van der Waals surface area (Å²) in [6.45, 7) is 5.93. The van der Waals surface area contributed by atoms with Gasteiger partial charge in [-0.3, -0.25) is 0 Å². The molecular formula is C13H19FN2O4. The Bertz CT molecular complexity index is 460. The number of ether oxygens (including phenoxy) is 3. The minimum atomic E-state index is -0.706. The van der Waals surface area contributed by atoms with Crippen molar-refractivity contribution in [1.29, 1.82) is 0 Å². The molecule has 112 valence electrons. The van der Waals surface area contributed by atoms with E-state index in [1.54, 1.807) is 20.8 Å². The lowest BCUT2D eigenvalue weighted by Gasteiger charge is -2.19. The van der Waals surface area contributed by atoms with Gasteiger partial charge in [0.25, 0.3) is 5.88 Å². The summed E-state index contributed by atoms with van der Waals surface area (Å²) in [6, 6.07) is 1.04. The van der Waals surface area contributed by atoms with Crippen LogP contribution in [0.5, 0.6) is 11.6 Å². The standard InChI is InChI=1S/C13H19FN2O4/c1-13(2,3)16-12(17)20-9-7-10(14)11(15-8-9)19-6-5-18-4/h7-8H,5-6H2,1-4H3,(H,16,17). The van der Waals surface area contributed by atoms with Gasteiger partial charge < -0.3 is 19.5 Å². The van der Waals surface area contributed by atoms with E-state index in [2.05, 4.69) is 10.3 Å². The van der Waals surface area contributed by atoms with Gasteiger partial charge in [0, 0.05) is 18.7 Å². The van der Waals surface area contributed by atoms with E-state index in [9.17, 15) is 9.18 Å². The first-order chi connectivity index (χ1) is 9.31. The Morgan fingerprint density at radius 1 is 1.40 bits per heavy atom. The maximum Gasteiger partial charge on any atom is 0.413 e. The van der Waals surface area contributed by atoms with Gasteiger partial charge in [-0.05, 0) is 20.8 Å². The smallest absolute Gasteiger partial charge is 0.413 e. The normalized spacial score (nSPS) is 11.1. The lowest BCUT2D eigenvalue weighted by molar-refractivity contribution is 0.140. The molecule has 1 N–H and O–H groups in total. The molecule has 1 rings (SSSR count). The SMILES string of the molecule is COCCOc1ncc(OC(=O)NC(C)(C)C)cc1F. The number of halogens is 1. The fraction of sp³-hybridized carbons (Fsp3) is 0.538. The molecule has 1 heterocycles. The summed E-state index contributed by atoms with van der Waals surface area (Å²) in [5.74, 6) is -0.865. The van der Waals surface area contributed by atoms with E-state index in [1.807, 2.05) is 0 Å². The van der Waals surface area contributed by atoms with Gasteiger partial charge in [-0.2, -0.15) is 0 Å². The average Bonchev–Trinajstić information content (AvgIpc) is 2.29. The highest BCUT2D eigenvalue weighted by atomic mass is 19.1. The summed E-state index contributed by atoms with van der Waals surface area (Å²) >= 11 is 0. The van der Waals surface area contributed by atoms with Crippen LogP contribution in [0.25, 0.3) is 0 Å². The summed E-state index contributed by atoms with van der Waals surface area (Å²) < 4.78 is 28.4. The number of pyridine rings is 1. The van der Waals surface area contributed by atoms with E-state index in [4.69, 9.17) is 14.2 Å². The Morgan fingerprint density at radius 3 is 2.65 bits per heavy atom. The zero-order valence-electron chi connectivity index (χ0n) is 12.0. The molecule has 1 aromatic rings. The molecule has 0 bridgehead atoms. The van der Waals surface area contributed by atoms with Crippen LogP contribution in [0.3, 0.4) is 0 Å². The van der Waals surface area contributed by atoms with Gasteiger partial charge in [0.15, 0.2) is 11.6 Å². The quantitative estimate of drug-likeness (QED) is 0.840. The van der Waals surface area contributed by atoms with Crippen molar-refractivity contribution in [2.24, 2.45) is 0 Å². The molecule has 0 spiro atoms. The van der Waals surface area contributed by atoms with Gasteiger partial charge in [-0.1, -0.05) is 0 Å². The summed E-state index contributed by atoms with van der Waals surface area (Å²) in [7, 11) is 1.51. The van der Waals surface area contributed by atoms with Crippen molar-refractivity contribution in [1.82, 2.24) is 10.3 Å². The Labute approximate surface area is 117 Å². The maximum absolute atomic E-state index is 13.6. The monoisotopic (exact) mass is 286 g/mol. The molecule has 0 aliphatic rings. The zero-order valence-corrected chi connectivity index (χ0v) is 12.0. The fourth-order valence-corrected chi connectivity index (χ4v) is 1.23. The Kier molecular flexibility index (Phi) is 5.69. The molecule has 0 unspecified atom stereocenters. The molecule has 20 heavy (non-hydrogen) atoms. The first-order valence-electron chi connectivity index (χ1n) is 6.09. The third kappa shape index (κ3) is 5.83. The fourth-order valence-electron chi connectivity index (χ4n) is 1.23. The van der Waals surface area contributed by atoms with Crippen molar-refractivity contribution in [3.8, 4) is 11.6 Å². The van der Waals surface area contributed by atoms with Crippen molar-refractivity contribution in [3.63, 3.8) is 0 Å². The summed E-state index contributed by atoms with van der Waals surface area (Å²) in [5.41, 5.74) is -0.438. The molecule has 7 heteroatoms. The molecule has 0 aliphatic carbocycles. The third-order valence-electron chi connectivity index (χ3n) is 2.00. The molecule has 0 aliphatic heterocycles. The number of hydrogen-bond donors (Lipinski definition) is 1. The minimum absolute atomic E-state index is 0.00309. The first kappa shape index (κ1) is 16.2. The van der Waals surface area contributed by atoms with Gasteiger partial charge in [0.1, 0.15) is 6.61 Å². The second-order valence-electron chi connectivity index (χ2n) is 5.06. The van der Waals surface area contributed by atoms with Crippen LogP contribution in [0.4, 0.5) is 9.18 Å². The number of nitrogens with one attached hydrogen (secondary N) is 1. The largest absolute Gasteiger partial charge is 0.473 e. The van der Waals surface area contributed by atoms with E-state index in [-0.39, 0.29) is 18.2 Å². The number of aromatic nitrogens is 1. The zero-order chi connectivity index (χ0) is 15.2. The van der Waals surface area contributed by atoms with Crippen molar-refractivity contribution < 1.29 is 23.4 Å². The van der Waals surface area contributed by atoms with Crippen LogP contribution in [0.15, 0.2) is 12.3 Å². The summed E-state index contributed by atoms with van der Waals surface area (Å²) in [5, 5.41) is 2.58. The molecule has 0 atom stereocenters. The summed E-state index contributed by atoms with van der Waals surface area (Å²) in [6.07, 6.45) is 0.541. The van der Waals surface area contributed by atoms with Crippen molar-refractivity contribution in [2.45, 2.75) is 26.3 Å². The molecule has 0 fully saturated rings. The van der Waals surface area contributed by atoms with Crippen LogP contribution < -0.4 is 14.8 Å². The van der Waals surface area contributed by atoms with Crippen molar-refractivity contribution in [3.05, 3.63) is 18.1 Å². The molecule has 6 nitrogen and oxygen atoms in total. The van der Waals surface area contributed by atoms with Crippen molar-refractivity contribution >= 4 is 6.09 Å². The van der Waals surface area contributed by atoms with E-state index in [0.717, 1.165) is 6.07 Å². The van der Waals surface area contributed by atoms with Gasteiger partial charge in [-0.15, -0.1) is 0 Å². The second-order valence-corrected chi connectivity index (χ2v) is 5.06. The van der Waals surface area contributed by atoms with E-state index < -0.39 is 17.4 Å². The lowest BCUT2D eigenvalue weighted by atomic mass is 10.1. The number of amides is 1. The van der Waals surface area contributed by atoms with Crippen LogP contribution in [0.2, 0.25) is 0 Å². The number of carbonyl (C=O) groups excluding carboxylic acids is 1.